The van der Waals surface area contributed by atoms with E-state index in [1.807, 2.05) is 36.4 Å². The van der Waals surface area contributed by atoms with Crippen LogP contribution in [-0.4, -0.2) is 16.4 Å². The number of carbonyl (C=O) groups excluding carboxylic acids is 2. The summed E-state index contributed by atoms with van der Waals surface area (Å²) in [6.07, 6.45) is 3.04. The minimum absolute atomic E-state index is 0.0238. The van der Waals surface area contributed by atoms with Crippen LogP contribution in [0.15, 0.2) is 54.6 Å². The lowest BCUT2D eigenvalue weighted by atomic mass is 9.71. The van der Waals surface area contributed by atoms with Crippen molar-refractivity contribution >= 4 is 28.4 Å². The van der Waals surface area contributed by atoms with E-state index >= 15 is 0 Å². The van der Waals surface area contributed by atoms with E-state index in [-0.39, 0.29) is 23.7 Å². The summed E-state index contributed by atoms with van der Waals surface area (Å²) in [7, 11) is 0. The third-order valence-corrected chi connectivity index (χ3v) is 6.66. The third kappa shape index (κ3) is 1.88. The molecule has 2 aliphatic heterocycles. The van der Waals surface area contributed by atoms with Crippen LogP contribution in [0, 0.1) is 5.92 Å². The predicted molar refractivity (Wildman–Crippen MR) is 104 cm³/mol. The Morgan fingerprint density at radius 3 is 2.52 bits per heavy atom. The Morgan fingerprint density at radius 1 is 0.889 bits per heavy atom. The highest BCUT2D eigenvalue weighted by molar-refractivity contribution is 6.24. The summed E-state index contributed by atoms with van der Waals surface area (Å²) in [5.41, 5.74) is 4.35. The molecule has 0 N–H and O–H groups in total. The molecule has 3 atom stereocenters. The molecule has 1 saturated heterocycles. The first-order valence-corrected chi connectivity index (χ1v) is 9.79. The van der Waals surface area contributed by atoms with Gasteiger partial charge in [-0.2, -0.15) is 0 Å². The summed E-state index contributed by atoms with van der Waals surface area (Å²) in [5, 5.41) is 1.16. The van der Waals surface area contributed by atoms with Crippen molar-refractivity contribution in [1.82, 2.24) is 4.57 Å². The normalized spacial score (nSPS) is 26.4. The average molecular weight is 356 g/mol. The molecule has 0 spiro atoms. The van der Waals surface area contributed by atoms with Gasteiger partial charge in [-0.05, 0) is 43.0 Å². The summed E-state index contributed by atoms with van der Waals surface area (Å²) in [6, 6.07) is 17.8. The van der Waals surface area contributed by atoms with Gasteiger partial charge in [-0.3, -0.25) is 9.59 Å². The van der Waals surface area contributed by atoms with Gasteiger partial charge >= 0.3 is 0 Å². The summed E-state index contributed by atoms with van der Waals surface area (Å²) >= 11 is 0. The molecule has 3 unspecified atom stereocenters. The standard InChI is InChI=1S/C23H20N2O2/c26-22-17-13-14-7-6-12-24-18-11-5-4-10-16(18)19(21(14)24)20(17)23(27)25(22)15-8-2-1-3-9-15/h1-5,8-11,14,17,20H,6-7,12-13H2. The first-order valence-electron chi connectivity index (χ1n) is 9.79. The average Bonchev–Trinajstić information content (AvgIpc) is 3.17. The number of para-hydroxylation sites is 2. The van der Waals surface area contributed by atoms with Crippen LogP contribution in [-0.2, 0) is 16.1 Å². The Hall–Kier alpha value is -2.88. The van der Waals surface area contributed by atoms with Crippen molar-refractivity contribution in [2.75, 3.05) is 4.90 Å². The van der Waals surface area contributed by atoms with Crippen molar-refractivity contribution in [3.8, 4) is 0 Å². The first-order chi connectivity index (χ1) is 13.3. The summed E-state index contributed by atoms with van der Waals surface area (Å²) in [4.78, 5) is 28.2. The second-order valence-corrected chi connectivity index (χ2v) is 7.97. The molecule has 134 valence electrons. The van der Waals surface area contributed by atoms with Gasteiger partial charge in [0, 0.05) is 29.1 Å². The first kappa shape index (κ1) is 15.2. The van der Waals surface area contributed by atoms with Gasteiger partial charge in [0.05, 0.1) is 17.5 Å². The van der Waals surface area contributed by atoms with E-state index in [0.29, 0.717) is 11.6 Å². The molecular formula is C23H20N2O2. The van der Waals surface area contributed by atoms with Gasteiger partial charge in [0.25, 0.3) is 0 Å². The fraction of sp³-hybridized carbons (Fsp3) is 0.304. The highest BCUT2D eigenvalue weighted by Gasteiger charge is 2.54. The number of imide groups is 1. The van der Waals surface area contributed by atoms with E-state index in [9.17, 15) is 9.59 Å². The molecule has 3 aliphatic rings. The second-order valence-electron chi connectivity index (χ2n) is 7.97. The number of amides is 2. The van der Waals surface area contributed by atoms with E-state index in [1.165, 1.54) is 16.1 Å². The number of aryl methyl sites for hydroxylation is 1. The molecular weight excluding hydrogens is 336 g/mol. The lowest BCUT2D eigenvalue weighted by molar-refractivity contribution is -0.122. The molecule has 4 heteroatoms. The van der Waals surface area contributed by atoms with Crippen molar-refractivity contribution in [2.24, 2.45) is 5.92 Å². The number of aromatic nitrogens is 1. The fourth-order valence-corrected chi connectivity index (χ4v) is 5.65. The van der Waals surface area contributed by atoms with Gasteiger partial charge in [-0.25, -0.2) is 4.90 Å². The lowest BCUT2D eigenvalue weighted by Gasteiger charge is -2.34. The number of benzene rings is 2. The Morgan fingerprint density at radius 2 is 1.67 bits per heavy atom. The Labute approximate surface area is 157 Å². The molecule has 1 aliphatic carbocycles. The van der Waals surface area contributed by atoms with Crippen LogP contribution in [0.5, 0.6) is 0 Å². The number of hydrogen-bond acceptors (Lipinski definition) is 2. The van der Waals surface area contributed by atoms with Crippen molar-refractivity contribution < 1.29 is 9.59 Å². The monoisotopic (exact) mass is 356 g/mol. The van der Waals surface area contributed by atoms with E-state index < -0.39 is 0 Å². The highest BCUT2D eigenvalue weighted by Crippen LogP contribution is 2.54. The van der Waals surface area contributed by atoms with Crippen LogP contribution in [0.1, 0.15) is 42.4 Å². The number of fused-ring (bicyclic) bond motifs is 5. The summed E-state index contributed by atoms with van der Waals surface area (Å²) < 4.78 is 2.41. The number of carbonyl (C=O) groups is 2. The third-order valence-electron chi connectivity index (χ3n) is 6.66. The number of anilines is 1. The van der Waals surface area contributed by atoms with Crippen molar-refractivity contribution in [1.29, 1.82) is 0 Å². The van der Waals surface area contributed by atoms with E-state index in [0.717, 1.165) is 36.8 Å². The Bertz CT molecular complexity index is 1100. The van der Waals surface area contributed by atoms with Gasteiger partial charge in [-0.1, -0.05) is 36.4 Å². The van der Waals surface area contributed by atoms with Gasteiger partial charge in [0.2, 0.25) is 11.8 Å². The predicted octanol–water partition coefficient (Wildman–Crippen LogP) is 4.20. The van der Waals surface area contributed by atoms with Crippen LogP contribution in [0.4, 0.5) is 5.69 Å². The maximum atomic E-state index is 13.5. The minimum atomic E-state index is -0.340. The van der Waals surface area contributed by atoms with Crippen LogP contribution < -0.4 is 4.90 Å². The van der Waals surface area contributed by atoms with Crippen LogP contribution >= 0.6 is 0 Å². The molecule has 1 fully saturated rings. The largest absolute Gasteiger partial charge is 0.344 e. The van der Waals surface area contributed by atoms with Crippen molar-refractivity contribution in [2.45, 2.75) is 37.6 Å². The molecule has 6 rings (SSSR count). The molecule has 1 aromatic heterocycles. The minimum Gasteiger partial charge on any atom is -0.344 e. The SMILES string of the molecule is O=C1C2CC3CCCn4c3c(c3ccccc34)C2C(=O)N1c1ccccc1. The summed E-state index contributed by atoms with van der Waals surface area (Å²) in [5.74, 6) is -0.265. The van der Waals surface area contributed by atoms with Crippen LogP contribution in [0.2, 0.25) is 0 Å². The van der Waals surface area contributed by atoms with Gasteiger partial charge in [-0.15, -0.1) is 0 Å². The molecule has 0 saturated carbocycles. The lowest BCUT2D eigenvalue weighted by Crippen LogP contribution is -2.30. The van der Waals surface area contributed by atoms with E-state index in [1.54, 1.807) is 0 Å². The fourth-order valence-electron chi connectivity index (χ4n) is 5.65. The van der Waals surface area contributed by atoms with Crippen LogP contribution in [0.25, 0.3) is 10.9 Å². The quantitative estimate of drug-likeness (QED) is 0.614. The molecule has 27 heavy (non-hydrogen) atoms. The molecule has 2 amide bonds. The maximum absolute atomic E-state index is 13.5. The van der Waals surface area contributed by atoms with Crippen molar-refractivity contribution in [3.05, 3.63) is 65.9 Å². The number of hydrogen-bond donors (Lipinski definition) is 0. The number of nitrogens with zero attached hydrogens (tertiary/aromatic N) is 2. The van der Waals surface area contributed by atoms with E-state index in [2.05, 4.69) is 22.8 Å². The zero-order valence-electron chi connectivity index (χ0n) is 15.0. The van der Waals surface area contributed by atoms with E-state index in [4.69, 9.17) is 0 Å². The Kier molecular flexibility index (Phi) is 2.99. The maximum Gasteiger partial charge on any atom is 0.242 e. The topological polar surface area (TPSA) is 42.3 Å². The molecule has 0 radical (unpaired) electrons. The second kappa shape index (κ2) is 5.32. The molecule has 4 nitrogen and oxygen atoms in total. The zero-order chi connectivity index (χ0) is 18.1. The summed E-state index contributed by atoms with van der Waals surface area (Å²) in [6.45, 7) is 1.01. The zero-order valence-corrected chi connectivity index (χ0v) is 15.0. The molecule has 2 aromatic carbocycles. The number of rotatable bonds is 1. The molecule has 3 aromatic rings. The smallest absolute Gasteiger partial charge is 0.242 e. The van der Waals surface area contributed by atoms with Crippen LogP contribution in [0.3, 0.4) is 0 Å². The van der Waals surface area contributed by atoms with Gasteiger partial charge in [0.15, 0.2) is 0 Å². The highest BCUT2D eigenvalue weighted by atomic mass is 16.2. The molecule has 3 heterocycles. The van der Waals surface area contributed by atoms with Gasteiger partial charge < -0.3 is 4.57 Å². The van der Waals surface area contributed by atoms with Crippen molar-refractivity contribution in [3.63, 3.8) is 0 Å². The Balaban J connectivity index is 1.59. The van der Waals surface area contributed by atoms with Gasteiger partial charge in [0.1, 0.15) is 0 Å². The molecule has 0 bridgehead atoms.